The molecule has 0 nitrogen and oxygen atoms in total. The molecule has 0 bridgehead atoms. The standard InChI is InChI=1S/C25H46/c1-3-5-6-8-21-9-7-10-25(19-21)24-17-15-23(16-18-24)22-13-11-20(4-2)12-14-22/h20-25H,3-19H2,1-2H3/t20-,21-,22-,23?,24?,25+/m0/s1. The van der Waals surface area contributed by atoms with Gasteiger partial charge in [0.15, 0.2) is 0 Å². The maximum absolute atomic E-state index is 2.40. The van der Waals surface area contributed by atoms with Crippen molar-refractivity contribution in [2.24, 2.45) is 35.5 Å². The lowest BCUT2D eigenvalue weighted by molar-refractivity contribution is 0.0988. The Morgan fingerprint density at radius 2 is 1.16 bits per heavy atom. The Kier molecular flexibility index (Phi) is 8.19. The van der Waals surface area contributed by atoms with E-state index < -0.39 is 0 Å². The van der Waals surface area contributed by atoms with Gasteiger partial charge in [-0.2, -0.15) is 0 Å². The summed E-state index contributed by atoms with van der Waals surface area (Å²) in [5, 5.41) is 0. The second-order valence-electron chi connectivity index (χ2n) is 10.2. The molecule has 3 aliphatic rings. The third-order valence-electron chi connectivity index (χ3n) is 8.66. The van der Waals surface area contributed by atoms with Crippen LogP contribution in [0.25, 0.3) is 0 Å². The van der Waals surface area contributed by atoms with E-state index in [9.17, 15) is 0 Å². The van der Waals surface area contributed by atoms with E-state index in [-0.39, 0.29) is 0 Å². The van der Waals surface area contributed by atoms with Crippen LogP contribution in [0.3, 0.4) is 0 Å². The Balaban J connectivity index is 1.38. The van der Waals surface area contributed by atoms with Crippen molar-refractivity contribution < 1.29 is 0 Å². The van der Waals surface area contributed by atoms with Gasteiger partial charge in [-0.05, 0) is 80.5 Å². The quantitative estimate of drug-likeness (QED) is 0.406. The van der Waals surface area contributed by atoms with Crippen LogP contribution in [-0.4, -0.2) is 0 Å². The molecule has 146 valence electrons. The molecule has 3 saturated carbocycles. The summed E-state index contributed by atoms with van der Waals surface area (Å²) in [5.74, 6) is 6.59. The van der Waals surface area contributed by atoms with Crippen LogP contribution >= 0.6 is 0 Å². The number of hydrogen-bond acceptors (Lipinski definition) is 0. The van der Waals surface area contributed by atoms with E-state index in [1.807, 2.05) is 0 Å². The third kappa shape index (κ3) is 5.74. The van der Waals surface area contributed by atoms with E-state index in [0.717, 1.165) is 35.5 Å². The maximum atomic E-state index is 2.40. The van der Waals surface area contributed by atoms with Crippen molar-refractivity contribution in [3.63, 3.8) is 0 Å². The summed E-state index contributed by atoms with van der Waals surface area (Å²) in [4.78, 5) is 0. The van der Waals surface area contributed by atoms with Gasteiger partial charge < -0.3 is 0 Å². The van der Waals surface area contributed by atoms with E-state index in [1.54, 1.807) is 83.5 Å². The fourth-order valence-electron chi connectivity index (χ4n) is 6.86. The maximum Gasteiger partial charge on any atom is -0.0383 e. The monoisotopic (exact) mass is 346 g/mol. The Bertz CT molecular complexity index is 343. The number of unbranched alkanes of at least 4 members (excludes halogenated alkanes) is 2. The molecular weight excluding hydrogens is 300 g/mol. The first kappa shape index (κ1) is 19.8. The van der Waals surface area contributed by atoms with Crippen molar-refractivity contribution in [2.45, 2.75) is 123 Å². The van der Waals surface area contributed by atoms with Crippen LogP contribution < -0.4 is 0 Å². The summed E-state index contributed by atoms with van der Waals surface area (Å²) in [6.45, 7) is 4.74. The van der Waals surface area contributed by atoms with Gasteiger partial charge >= 0.3 is 0 Å². The van der Waals surface area contributed by atoms with Gasteiger partial charge in [-0.15, -0.1) is 0 Å². The summed E-state index contributed by atoms with van der Waals surface area (Å²) in [5.41, 5.74) is 0. The summed E-state index contributed by atoms with van der Waals surface area (Å²) in [6.07, 6.45) is 26.2. The van der Waals surface area contributed by atoms with Gasteiger partial charge in [-0.25, -0.2) is 0 Å². The minimum Gasteiger partial charge on any atom is -0.0654 e. The molecule has 0 aromatic rings. The van der Waals surface area contributed by atoms with E-state index in [1.165, 1.54) is 25.7 Å². The Morgan fingerprint density at radius 1 is 0.560 bits per heavy atom. The molecule has 0 aliphatic heterocycles. The second kappa shape index (κ2) is 10.4. The molecule has 0 aromatic carbocycles. The summed E-state index contributed by atoms with van der Waals surface area (Å²) < 4.78 is 0. The zero-order valence-electron chi connectivity index (χ0n) is 17.5. The lowest BCUT2D eigenvalue weighted by Crippen LogP contribution is -2.30. The molecule has 0 radical (unpaired) electrons. The zero-order chi connectivity index (χ0) is 17.5. The second-order valence-corrected chi connectivity index (χ2v) is 10.2. The van der Waals surface area contributed by atoms with Crippen molar-refractivity contribution in [3.8, 4) is 0 Å². The van der Waals surface area contributed by atoms with E-state index in [2.05, 4.69) is 13.8 Å². The highest BCUT2D eigenvalue weighted by Crippen LogP contribution is 2.46. The smallest absolute Gasteiger partial charge is 0.0383 e. The Hall–Kier alpha value is 0. The molecule has 25 heavy (non-hydrogen) atoms. The van der Waals surface area contributed by atoms with Crippen LogP contribution in [0, 0.1) is 35.5 Å². The van der Waals surface area contributed by atoms with Crippen LogP contribution in [0.1, 0.15) is 123 Å². The normalized spacial score (nSPS) is 40.1. The molecule has 0 heteroatoms. The van der Waals surface area contributed by atoms with Gasteiger partial charge in [0.25, 0.3) is 0 Å². The lowest BCUT2D eigenvalue weighted by Gasteiger charge is -2.41. The first-order chi connectivity index (χ1) is 12.3. The fourth-order valence-corrected chi connectivity index (χ4v) is 6.86. The first-order valence-corrected chi connectivity index (χ1v) is 12.3. The van der Waals surface area contributed by atoms with Crippen molar-refractivity contribution >= 4 is 0 Å². The molecule has 0 spiro atoms. The minimum absolute atomic E-state index is 1.07. The van der Waals surface area contributed by atoms with E-state index >= 15 is 0 Å². The first-order valence-electron chi connectivity index (χ1n) is 12.3. The number of rotatable bonds is 7. The summed E-state index contributed by atoms with van der Waals surface area (Å²) >= 11 is 0. The topological polar surface area (TPSA) is 0 Å². The third-order valence-corrected chi connectivity index (χ3v) is 8.66. The molecule has 0 unspecified atom stereocenters. The highest BCUT2D eigenvalue weighted by atomic mass is 14.4. The molecule has 0 saturated heterocycles. The average molecular weight is 347 g/mol. The van der Waals surface area contributed by atoms with Crippen molar-refractivity contribution in [3.05, 3.63) is 0 Å². The van der Waals surface area contributed by atoms with E-state index in [4.69, 9.17) is 0 Å². The van der Waals surface area contributed by atoms with Crippen LogP contribution in [0.5, 0.6) is 0 Å². The Morgan fingerprint density at radius 3 is 1.76 bits per heavy atom. The highest BCUT2D eigenvalue weighted by Gasteiger charge is 2.34. The fraction of sp³-hybridized carbons (Fsp3) is 1.00. The molecule has 0 amide bonds. The molecular formula is C25H46. The van der Waals surface area contributed by atoms with Gasteiger partial charge in [0.05, 0.1) is 0 Å². The van der Waals surface area contributed by atoms with Crippen LogP contribution in [-0.2, 0) is 0 Å². The zero-order valence-corrected chi connectivity index (χ0v) is 17.5. The molecule has 3 aliphatic carbocycles. The predicted molar refractivity (Wildman–Crippen MR) is 111 cm³/mol. The van der Waals surface area contributed by atoms with Gasteiger partial charge in [0.2, 0.25) is 0 Å². The molecule has 0 N–H and O–H groups in total. The van der Waals surface area contributed by atoms with Gasteiger partial charge in [-0.1, -0.05) is 78.1 Å². The average Bonchev–Trinajstić information content (AvgIpc) is 2.69. The molecule has 0 heterocycles. The molecule has 2 atom stereocenters. The SMILES string of the molecule is CCCCC[C@H]1CCC[C@@H](C2CCC([C@H]3CC[C@H](CC)CC3)CC2)C1. The highest BCUT2D eigenvalue weighted by molar-refractivity contribution is 4.86. The summed E-state index contributed by atoms with van der Waals surface area (Å²) in [6, 6.07) is 0. The lowest BCUT2D eigenvalue weighted by atomic mass is 9.64. The van der Waals surface area contributed by atoms with Gasteiger partial charge in [-0.3, -0.25) is 0 Å². The van der Waals surface area contributed by atoms with Crippen molar-refractivity contribution in [1.82, 2.24) is 0 Å². The van der Waals surface area contributed by atoms with E-state index in [0.29, 0.717) is 0 Å². The van der Waals surface area contributed by atoms with Crippen LogP contribution in [0.4, 0.5) is 0 Å². The number of hydrogen-bond donors (Lipinski definition) is 0. The van der Waals surface area contributed by atoms with Gasteiger partial charge in [0, 0.05) is 0 Å². The predicted octanol–water partition coefficient (Wildman–Crippen LogP) is 8.40. The summed E-state index contributed by atoms with van der Waals surface area (Å²) in [7, 11) is 0. The van der Waals surface area contributed by atoms with Crippen LogP contribution in [0.15, 0.2) is 0 Å². The molecule has 3 fully saturated rings. The van der Waals surface area contributed by atoms with Gasteiger partial charge in [0.1, 0.15) is 0 Å². The molecule has 0 aromatic heterocycles. The Labute approximate surface area is 158 Å². The minimum atomic E-state index is 1.07. The molecule has 3 rings (SSSR count). The van der Waals surface area contributed by atoms with Crippen LogP contribution in [0.2, 0.25) is 0 Å². The largest absolute Gasteiger partial charge is 0.0654 e. The van der Waals surface area contributed by atoms with Crippen molar-refractivity contribution in [1.29, 1.82) is 0 Å². The van der Waals surface area contributed by atoms with Crippen molar-refractivity contribution in [2.75, 3.05) is 0 Å².